The van der Waals surface area contributed by atoms with E-state index in [1.54, 1.807) is 6.07 Å². The van der Waals surface area contributed by atoms with Crippen molar-refractivity contribution in [3.8, 4) is 0 Å². The Morgan fingerprint density at radius 3 is 2.85 bits per heavy atom. The van der Waals surface area contributed by atoms with Gasteiger partial charge in [-0.1, -0.05) is 6.07 Å². The third-order valence-corrected chi connectivity index (χ3v) is 4.43. The molecule has 1 aliphatic rings. The number of hydrogen-bond donors (Lipinski definition) is 3. The summed E-state index contributed by atoms with van der Waals surface area (Å²) in [7, 11) is -3.34. The number of nitrogens with one attached hydrogen (secondary N) is 2. The predicted octanol–water partition coefficient (Wildman–Crippen LogP) is -0.456. The van der Waals surface area contributed by atoms with Crippen LogP contribution in [-0.4, -0.2) is 50.9 Å². The van der Waals surface area contributed by atoms with Crippen LogP contribution in [0.5, 0.6) is 0 Å². The summed E-state index contributed by atoms with van der Waals surface area (Å²) in [5, 5.41) is 15.8. The number of carbonyl (C=O) groups is 1. The number of sulfone groups is 1. The molecule has 6 nitrogen and oxygen atoms in total. The van der Waals surface area contributed by atoms with E-state index < -0.39 is 21.3 Å². The van der Waals surface area contributed by atoms with Crippen LogP contribution in [0, 0.1) is 0 Å². The largest absolute Gasteiger partial charge is 0.387 e. The zero-order valence-electron chi connectivity index (χ0n) is 11.2. The summed E-state index contributed by atoms with van der Waals surface area (Å²) in [4.78, 5) is 12.1. The smallest absolute Gasteiger partial charge is 0.251 e. The van der Waals surface area contributed by atoms with Gasteiger partial charge in [0.05, 0.1) is 10.5 Å². The molecule has 1 aromatic rings. The fourth-order valence-electron chi connectivity index (χ4n) is 2.10. The molecule has 1 heterocycles. The minimum absolute atomic E-state index is 0.103. The van der Waals surface area contributed by atoms with Gasteiger partial charge in [-0.05, 0) is 31.2 Å². The Labute approximate surface area is 118 Å². The lowest BCUT2D eigenvalue weighted by Crippen LogP contribution is -2.44. The van der Waals surface area contributed by atoms with Crippen LogP contribution in [0.3, 0.4) is 0 Å². The Morgan fingerprint density at radius 2 is 2.25 bits per heavy atom. The topological polar surface area (TPSA) is 95.5 Å². The van der Waals surface area contributed by atoms with Gasteiger partial charge in [-0.2, -0.15) is 0 Å². The van der Waals surface area contributed by atoms with Gasteiger partial charge in [0.25, 0.3) is 5.91 Å². The maximum Gasteiger partial charge on any atom is 0.251 e. The molecule has 0 unspecified atom stereocenters. The van der Waals surface area contributed by atoms with Crippen LogP contribution in [0.1, 0.15) is 16.8 Å². The lowest BCUT2D eigenvalue weighted by molar-refractivity contribution is 0.0562. The van der Waals surface area contributed by atoms with Crippen LogP contribution in [0.15, 0.2) is 29.2 Å². The Hall–Kier alpha value is -1.44. The number of benzene rings is 1. The molecular formula is C13H18N2O4S. The summed E-state index contributed by atoms with van der Waals surface area (Å²) < 4.78 is 22.9. The van der Waals surface area contributed by atoms with E-state index in [1.165, 1.54) is 18.2 Å². The summed E-state index contributed by atoms with van der Waals surface area (Å²) >= 11 is 0. The van der Waals surface area contributed by atoms with Crippen LogP contribution in [0.4, 0.5) is 0 Å². The molecule has 1 amide bonds. The molecule has 0 aliphatic carbocycles. The van der Waals surface area contributed by atoms with Gasteiger partial charge in [0, 0.05) is 24.9 Å². The molecule has 0 aromatic heterocycles. The van der Waals surface area contributed by atoms with Crippen LogP contribution in [0.25, 0.3) is 0 Å². The highest BCUT2D eigenvalue weighted by Crippen LogP contribution is 2.14. The van der Waals surface area contributed by atoms with E-state index in [2.05, 4.69) is 10.6 Å². The molecule has 0 bridgehead atoms. The first-order valence-electron chi connectivity index (χ1n) is 6.32. The van der Waals surface area contributed by atoms with Crippen molar-refractivity contribution in [2.45, 2.75) is 16.9 Å². The molecule has 0 saturated carbocycles. The minimum atomic E-state index is -3.34. The number of carbonyl (C=O) groups excluding carboxylic acids is 1. The second-order valence-electron chi connectivity index (χ2n) is 5.13. The molecule has 20 heavy (non-hydrogen) atoms. The first-order chi connectivity index (χ1) is 9.30. The van der Waals surface area contributed by atoms with E-state index in [1.807, 2.05) is 0 Å². The molecule has 1 atom stereocenters. The highest BCUT2D eigenvalue weighted by molar-refractivity contribution is 7.90. The number of hydrogen-bond acceptors (Lipinski definition) is 5. The van der Waals surface area contributed by atoms with E-state index in [0.717, 1.165) is 12.8 Å². The minimum Gasteiger partial charge on any atom is -0.387 e. The van der Waals surface area contributed by atoms with E-state index in [0.29, 0.717) is 13.0 Å². The monoisotopic (exact) mass is 298 g/mol. The zero-order chi connectivity index (χ0) is 14.8. The van der Waals surface area contributed by atoms with Crippen LogP contribution in [0.2, 0.25) is 0 Å². The van der Waals surface area contributed by atoms with Gasteiger partial charge >= 0.3 is 0 Å². The molecule has 1 aromatic carbocycles. The number of amides is 1. The van der Waals surface area contributed by atoms with Gasteiger partial charge < -0.3 is 15.7 Å². The van der Waals surface area contributed by atoms with Gasteiger partial charge in [-0.15, -0.1) is 0 Å². The zero-order valence-corrected chi connectivity index (χ0v) is 12.0. The van der Waals surface area contributed by atoms with Gasteiger partial charge in [0.1, 0.15) is 0 Å². The molecule has 7 heteroatoms. The molecule has 1 saturated heterocycles. The lowest BCUT2D eigenvalue weighted by Gasteiger charge is -2.21. The first-order valence-corrected chi connectivity index (χ1v) is 8.21. The number of β-amino-alcohol motifs (C(OH)–C–C–N with tert-alkyl or cyclic N) is 1. The van der Waals surface area contributed by atoms with Gasteiger partial charge in [0.2, 0.25) is 0 Å². The second kappa shape index (κ2) is 5.51. The highest BCUT2D eigenvalue weighted by atomic mass is 32.2. The van der Waals surface area contributed by atoms with E-state index in [9.17, 15) is 18.3 Å². The Kier molecular flexibility index (Phi) is 4.12. The van der Waals surface area contributed by atoms with Crippen molar-refractivity contribution in [2.75, 3.05) is 25.9 Å². The number of aliphatic hydroxyl groups is 1. The summed E-state index contributed by atoms with van der Waals surface area (Å²) in [6, 6.07) is 5.85. The maximum atomic E-state index is 12.0. The molecule has 1 fully saturated rings. The van der Waals surface area contributed by atoms with Crippen LogP contribution < -0.4 is 10.6 Å². The summed E-state index contributed by atoms with van der Waals surface area (Å²) in [5.74, 6) is -0.393. The van der Waals surface area contributed by atoms with Crippen molar-refractivity contribution in [1.29, 1.82) is 0 Å². The molecule has 0 radical (unpaired) electrons. The normalized spacial score (nSPS) is 22.7. The van der Waals surface area contributed by atoms with E-state index in [-0.39, 0.29) is 17.0 Å². The van der Waals surface area contributed by atoms with Crippen LogP contribution in [-0.2, 0) is 9.84 Å². The first kappa shape index (κ1) is 15.0. The fourth-order valence-corrected chi connectivity index (χ4v) is 2.76. The van der Waals surface area contributed by atoms with Gasteiger partial charge in [-0.3, -0.25) is 4.79 Å². The highest BCUT2D eigenvalue weighted by Gasteiger charge is 2.31. The van der Waals surface area contributed by atoms with Gasteiger partial charge in [0.15, 0.2) is 9.84 Å². The van der Waals surface area contributed by atoms with E-state index >= 15 is 0 Å². The summed E-state index contributed by atoms with van der Waals surface area (Å²) in [5.41, 5.74) is -0.660. The predicted molar refractivity (Wildman–Crippen MR) is 74.3 cm³/mol. The van der Waals surface area contributed by atoms with Crippen molar-refractivity contribution >= 4 is 15.7 Å². The SMILES string of the molecule is CS(=O)(=O)c1cccc(C(=O)NC[C@]2(O)CCNC2)c1. The average molecular weight is 298 g/mol. The third-order valence-electron chi connectivity index (χ3n) is 3.32. The molecule has 110 valence electrons. The molecule has 1 aliphatic heterocycles. The maximum absolute atomic E-state index is 12.0. The summed E-state index contributed by atoms with van der Waals surface area (Å²) in [6.45, 7) is 1.30. The van der Waals surface area contributed by atoms with Gasteiger partial charge in [-0.25, -0.2) is 8.42 Å². The quantitative estimate of drug-likeness (QED) is 0.699. The Morgan fingerprint density at radius 1 is 1.50 bits per heavy atom. The molecule has 2 rings (SSSR count). The van der Waals surface area contributed by atoms with Crippen molar-refractivity contribution in [3.63, 3.8) is 0 Å². The third kappa shape index (κ3) is 3.56. The Balaban J connectivity index is 2.06. The summed E-state index contributed by atoms with van der Waals surface area (Å²) in [6.07, 6.45) is 1.67. The molecular weight excluding hydrogens is 280 g/mol. The Bertz CT molecular complexity index is 607. The second-order valence-corrected chi connectivity index (χ2v) is 7.15. The standard InChI is InChI=1S/C13H18N2O4S/c1-20(18,19)11-4-2-3-10(7-11)12(16)15-9-13(17)5-6-14-8-13/h2-4,7,14,17H,5-6,8-9H2,1H3,(H,15,16)/t13-/m0/s1. The van der Waals surface area contributed by atoms with Crippen molar-refractivity contribution in [1.82, 2.24) is 10.6 Å². The molecule has 0 spiro atoms. The average Bonchev–Trinajstić information content (AvgIpc) is 2.83. The molecule has 3 N–H and O–H groups in total. The number of rotatable bonds is 4. The van der Waals surface area contributed by atoms with Crippen molar-refractivity contribution in [2.24, 2.45) is 0 Å². The van der Waals surface area contributed by atoms with Crippen molar-refractivity contribution in [3.05, 3.63) is 29.8 Å². The van der Waals surface area contributed by atoms with Crippen LogP contribution >= 0.6 is 0 Å². The van der Waals surface area contributed by atoms with Crippen molar-refractivity contribution < 1.29 is 18.3 Å². The van der Waals surface area contributed by atoms with E-state index in [4.69, 9.17) is 0 Å². The fraction of sp³-hybridized carbons (Fsp3) is 0.462. The lowest BCUT2D eigenvalue weighted by atomic mass is 10.0.